The zero-order chi connectivity index (χ0) is 15.5. The molecule has 0 aliphatic rings. The van der Waals surface area contributed by atoms with Crippen molar-refractivity contribution in [3.63, 3.8) is 0 Å². The van der Waals surface area contributed by atoms with Gasteiger partial charge in [-0.15, -0.1) is 11.3 Å². The quantitative estimate of drug-likeness (QED) is 0.840. The normalized spacial score (nSPS) is 11.7. The van der Waals surface area contributed by atoms with Gasteiger partial charge in [-0.05, 0) is 50.6 Å². The molecule has 21 heavy (non-hydrogen) atoms. The smallest absolute Gasteiger partial charge is 0.0931 e. The van der Waals surface area contributed by atoms with E-state index in [-0.39, 0.29) is 5.54 Å². The summed E-state index contributed by atoms with van der Waals surface area (Å²) in [4.78, 5) is 3.52. The molecule has 0 spiro atoms. The van der Waals surface area contributed by atoms with Crippen molar-refractivity contribution in [1.82, 2.24) is 5.32 Å². The highest BCUT2D eigenvalue weighted by Gasteiger charge is 2.09. The van der Waals surface area contributed by atoms with Crippen LogP contribution < -0.4 is 10.2 Å². The molecule has 0 aliphatic carbocycles. The van der Waals surface area contributed by atoms with Crippen LogP contribution in [0.25, 0.3) is 0 Å². The molecular weight excluding hydrogens is 300 g/mol. The van der Waals surface area contributed by atoms with Crippen molar-refractivity contribution >= 4 is 28.6 Å². The Balaban J connectivity index is 1.94. The van der Waals surface area contributed by atoms with E-state index in [1.165, 1.54) is 16.1 Å². The van der Waals surface area contributed by atoms with Crippen LogP contribution >= 0.6 is 22.9 Å². The molecule has 0 unspecified atom stereocenters. The highest BCUT2D eigenvalue weighted by atomic mass is 35.5. The Morgan fingerprint density at radius 3 is 2.29 bits per heavy atom. The lowest BCUT2D eigenvalue weighted by Gasteiger charge is -2.21. The molecule has 0 radical (unpaired) electrons. The second-order valence-corrected chi connectivity index (χ2v) is 8.13. The van der Waals surface area contributed by atoms with Crippen LogP contribution in [0.3, 0.4) is 0 Å². The first kappa shape index (κ1) is 16.3. The van der Waals surface area contributed by atoms with Gasteiger partial charge in [-0.25, -0.2) is 0 Å². The van der Waals surface area contributed by atoms with Crippen LogP contribution in [0.5, 0.6) is 0 Å². The van der Waals surface area contributed by atoms with E-state index in [4.69, 9.17) is 11.6 Å². The maximum atomic E-state index is 5.98. The Morgan fingerprint density at radius 2 is 1.76 bits per heavy atom. The fourth-order valence-electron chi connectivity index (χ4n) is 2.00. The van der Waals surface area contributed by atoms with E-state index in [1.54, 1.807) is 11.3 Å². The SMILES string of the molecule is CN(Cc1ccc(Cl)s1)c1ccc(CNC(C)(C)C)cc1. The van der Waals surface area contributed by atoms with E-state index >= 15 is 0 Å². The lowest BCUT2D eigenvalue weighted by atomic mass is 10.1. The molecule has 0 saturated carbocycles. The molecule has 0 bridgehead atoms. The maximum Gasteiger partial charge on any atom is 0.0931 e. The Morgan fingerprint density at radius 1 is 1.10 bits per heavy atom. The molecule has 2 rings (SSSR count). The highest BCUT2D eigenvalue weighted by molar-refractivity contribution is 7.16. The van der Waals surface area contributed by atoms with Crippen molar-refractivity contribution < 1.29 is 0 Å². The molecule has 1 aromatic carbocycles. The Hall–Kier alpha value is -1.03. The van der Waals surface area contributed by atoms with Crippen molar-refractivity contribution in [2.24, 2.45) is 0 Å². The Labute approximate surface area is 136 Å². The highest BCUT2D eigenvalue weighted by Crippen LogP contribution is 2.24. The fourth-order valence-corrected chi connectivity index (χ4v) is 3.14. The number of anilines is 1. The molecule has 0 saturated heterocycles. The first-order valence-corrected chi connectivity index (χ1v) is 8.32. The van der Waals surface area contributed by atoms with Crippen molar-refractivity contribution in [2.45, 2.75) is 39.4 Å². The summed E-state index contributed by atoms with van der Waals surface area (Å²) in [6.07, 6.45) is 0. The molecule has 1 heterocycles. The lowest BCUT2D eigenvalue weighted by molar-refractivity contribution is 0.424. The topological polar surface area (TPSA) is 15.3 Å². The number of rotatable bonds is 5. The molecule has 0 aliphatic heterocycles. The average Bonchev–Trinajstić information content (AvgIpc) is 2.81. The van der Waals surface area contributed by atoms with Gasteiger partial charge in [0.15, 0.2) is 0 Å². The van der Waals surface area contributed by atoms with Crippen LogP contribution in [-0.4, -0.2) is 12.6 Å². The van der Waals surface area contributed by atoms with Crippen molar-refractivity contribution in [3.05, 3.63) is 51.2 Å². The third-order valence-corrected chi connectivity index (χ3v) is 4.44. The third-order valence-electron chi connectivity index (χ3n) is 3.22. The van der Waals surface area contributed by atoms with Gasteiger partial charge >= 0.3 is 0 Å². The number of nitrogens with zero attached hydrogens (tertiary/aromatic N) is 1. The number of nitrogens with one attached hydrogen (secondary N) is 1. The van der Waals surface area contributed by atoms with Gasteiger partial charge < -0.3 is 10.2 Å². The number of hydrogen-bond acceptors (Lipinski definition) is 3. The minimum absolute atomic E-state index is 0.147. The molecule has 2 nitrogen and oxygen atoms in total. The predicted molar refractivity (Wildman–Crippen MR) is 94.5 cm³/mol. The second kappa shape index (κ2) is 6.82. The fraction of sp³-hybridized carbons (Fsp3) is 0.412. The lowest BCUT2D eigenvalue weighted by Crippen LogP contribution is -2.35. The van der Waals surface area contributed by atoms with E-state index in [1.807, 2.05) is 6.07 Å². The summed E-state index contributed by atoms with van der Waals surface area (Å²) in [6, 6.07) is 12.8. The van der Waals surface area contributed by atoms with Crippen LogP contribution in [0.4, 0.5) is 5.69 Å². The number of thiophene rings is 1. The van der Waals surface area contributed by atoms with Gasteiger partial charge in [0.1, 0.15) is 0 Å². The first-order chi connectivity index (χ1) is 9.83. The van der Waals surface area contributed by atoms with Gasteiger partial charge in [-0.1, -0.05) is 23.7 Å². The zero-order valence-electron chi connectivity index (χ0n) is 13.1. The second-order valence-electron chi connectivity index (χ2n) is 6.33. The van der Waals surface area contributed by atoms with Gasteiger partial charge in [-0.3, -0.25) is 0 Å². The van der Waals surface area contributed by atoms with Gasteiger partial charge in [-0.2, -0.15) is 0 Å². The van der Waals surface area contributed by atoms with Crippen LogP contribution in [0.1, 0.15) is 31.2 Å². The zero-order valence-corrected chi connectivity index (χ0v) is 14.7. The molecule has 4 heteroatoms. The summed E-state index contributed by atoms with van der Waals surface area (Å²) >= 11 is 7.61. The molecule has 0 amide bonds. The monoisotopic (exact) mass is 322 g/mol. The van der Waals surface area contributed by atoms with Crippen LogP contribution in [0, 0.1) is 0 Å². The summed E-state index contributed by atoms with van der Waals surface area (Å²) in [6.45, 7) is 8.33. The minimum atomic E-state index is 0.147. The van der Waals surface area contributed by atoms with E-state index in [9.17, 15) is 0 Å². The molecule has 1 aromatic heterocycles. The molecule has 114 valence electrons. The maximum absolute atomic E-state index is 5.98. The number of halogens is 1. The summed E-state index contributed by atoms with van der Waals surface area (Å²) in [5.74, 6) is 0. The van der Waals surface area contributed by atoms with E-state index in [0.717, 1.165) is 17.4 Å². The van der Waals surface area contributed by atoms with Gasteiger partial charge in [0.25, 0.3) is 0 Å². The molecule has 0 fully saturated rings. The molecular formula is C17H23ClN2S. The largest absolute Gasteiger partial charge is 0.369 e. The molecule has 0 atom stereocenters. The van der Waals surface area contributed by atoms with Crippen molar-refractivity contribution in [2.75, 3.05) is 11.9 Å². The predicted octanol–water partition coefficient (Wildman–Crippen LogP) is 4.93. The van der Waals surface area contributed by atoms with E-state index < -0.39 is 0 Å². The number of benzene rings is 1. The Kier molecular flexibility index (Phi) is 5.31. The average molecular weight is 323 g/mol. The summed E-state index contributed by atoms with van der Waals surface area (Å²) < 4.78 is 0.849. The molecule has 2 aromatic rings. The van der Waals surface area contributed by atoms with Crippen molar-refractivity contribution in [3.8, 4) is 0 Å². The summed E-state index contributed by atoms with van der Waals surface area (Å²) in [5, 5.41) is 3.50. The van der Waals surface area contributed by atoms with Crippen LogP contribution in [0.15, 0.2) is 36.4 Å². The van der Waals surface area contributed by atoms with Gasteiger partial charge in [0, 0.05) is 29.7 Å². The van der Waals surface area contributed by atoms with Crippen LogP contribution in [-0.2, 0) is 13.1 Å². The van der Waals surface area contributed by atoms with Crippen LogP contribution in [0.2, 0.25) is 4.34 Å². The standard InChI is InChI=1S/C17H23ClN2S/c1-17(2,3)19-11-13-5-7-14(8-6-13)20(4)12-15-9-10-16(18)21-15/h5-10,19H,11-12H2,1-4H3. The van der Waals surface area contributed by atoms with Crippen molar-refractivity contribution in [1.29, 1.82) is 0 Å². The first-order valence-electron chi connectivity index (χ1n) is 7.13. The number of hydrogen-bond donors (Lipinski definition) is 1. The van der Waals surface area contributed by atoms with E-state index in [0.29, 0.717) is 0 Å². The van der Waals surface area contributed by atoms with Gasteiger partial charge in [0.2, 0.25) is 0 Å². The third kappa shape index (κ3) is 5.34. The minimum Gasteiger partial charge on any atom is -0.369 e. The summed E-state index contributed by atoms with van der Waals surface area (Å²) in [5.41, 5.74) is 2.67. The van der Waals surface area contributed by atoms with E-state index in [2.05, 4.69) is 68.4 Å². The van der Waals surface area contributed by atoms with Gasteiger partial charge in [0.05, 0.1) is 10.9 Å². The molecule has 1 N–H and O–H groups in total. The summed E-state index contributed by atoms with van der Waals surface area (Å²) in [7, 11) is 2.11. The Bertz CT molecular complexity index is 569.